The number of aliphatic hydroxyl groups is 1. The maximum atomic E-state index is 12.3. The highest BCUT2D eigenvalue weighted by molar-refractivity contribution is 5.93. The minimum atomic E-state index is 0.0297. The van der Waals surface area contributed by atoms with Crippen LogP contribution in [0.5, 0.6) is 0 Å². The largest absolute Gasteiger partial charge is 0.392 e. The number of anilines is 1. The van der Waals surface area contributed by atoms with Gasteiger partial charge < -0.3 is 15.3 Å². The van der Waals surface area contributed by atoms with Crippen LogP contribution in [0.3, 0.4) is 0 Å². The van der Waals surface area contributed by atoms with Crippen LogP contribution in [0.4, 0.5) is 5.69 Å². The molecule has 2 N–H and O–H groups in total. The molecule has 122 valence electrons. The van der Waals surface area contributed by atoms with Gasteiger partial charge in [0.15, 0.2) is 0 Å². The second kappa shape index (κ2) is 8.46. The van der Waals surface area contributed by atoms with Gasteiger partial charge in [-0.15, -0.1) is 0 Å². The fourth-order valence-electron chi connectivity index (χ4n) is 2.44. The first-order valence-corrected chi connectivity index (χ1v) is 7.84. The van der Waals surface area contributed by atoms with Gasteiger partial charge in [-0.2, -0.15) is 0 Å². The Morgan fingerprint density at radius 2 is 1.70 bits per heavy atom. The van der Waals surface area contributed by atoms with E-state index in [2.05, 4.69) is 5.32 Å². The summed E-state index contributed by atoms with van der Waals surface area (Å²) in [5.74, 6) is 0.0756. The van der Waals surface area contributed by atoms with Crippen LogP contribution in [-0.4, -0.2) is 24.1 Å². The number of hydrogen-bond donors (Lipinski definition) is 2. The SMILES string of the molecule is CC(CC(=O)N(C)c1ccccc1)NCc1ccccc1CO. The number of carbonyl (C=O) groups excluding carboxylic acids is 1. The molecule has 0 bridgehead atoms. The van der Waals surface area contributed by atoms with Gasteiger partial charge in [0.25, 0.3) is 0 Å². The molecule has 2 rings (SSSR count). The summed E-state index contributed by atoms with van der Waals surface area (Å²) in [5, 5.41) is 12.7. The first-order chi connectivity index (χ1) is 11.1. The summed E-state index contributed by atoms with van der Waals surface area (Å²) in [6.45, 7) is 2.67. The molecule has 0 radical (unpaired) electrons. The van der Waals surface area contributed by atoms with Crippen molar-refractivity contribution in [2.24, 2.45) is 0 Å². The Balaban J connectivity index is 1.87. The number of nitrogens with one attached hydrogen (secondary N) is 1. The van der Waals surface area contributed by atoms with Crippen molar-refractivity contribution in [2.75, 3.05) is 11.9 Å². The van der Waals surface area contributed by atoms with Crippen molar-refractivity contribution in [3.63, 3.8) is 0 Å². The van der Waals surface area contributed by atoms with Crippen LogP contribution < -0.4 is 10.2 Å². The molecule has 0 aliphatic carbocycles. The molecular weight excluding hydrogens is 288 g/mol. The molecule has 0 aliphatic heterocycles. The quantitative estimate of drug-likeness (QED) is 0.826. The van der Waals surface area contributed by atoms with Gasteiger partial charge in [0.05, 0.1) is 6.61 Å². The van der Waals surface area contributed by atoms with E-state index in [0.717, 1.165) is 16.8 Å². The average Bonchev–Trinajstić information content (AvgIpc) is 2.60. The maximum absolute atomic E-state index is 12.3. The Bertz CT molecular complexity index is 628. The van der Waals surface area contributed by atoms with Gasteiger partial charge in [-0.3, -0.25) is 4.79 Å². The molecule has 2 aromatic carbocycles. The van der Waals surface area contributed by atoms with Crippen molar-refractivity contribution in [1.82, 2.24) is 5.32 Å². The lowest BCUT2D eigenvalue weighted by molar-refractivity contribution is -0.118. The van der Waals surface area contributed by atoms with Crippen LogP contribution >= 0.6 is 0 Å². The third kappa shape index (κ3) is 4.91. The zero-order chi connectivity index (χ0) is 16.7. The topological polar surface area (TPSA) is 52.6 Å². The summed E-state index contributed by atoms with van der Waals surface area (Å²) >= 11 is 0. The van der Waals surface area contributed by atoms with E-state index in [1.54, 1.807) is 11.9 Å². The molecule has 1 atom stereocenters. The fourth-order valence-corrected chi connectivity index (χ4v) is 2.44. The molecular formula is C19H24N2O2. The lowest BCUT2D eigenvalue weighted by Gasteiger charge is -2.21. The standard InChI is InChI=1S/C19H24N2O2/c1-15(20-13-16-8-6-7-9-17(16)14-22)12-19(23)21(2)18-10-4-3-5-11-18/h3-11,15,20,22H,12-14H2,1-2H3. The van der Waals surface area contributed by atoms with Gasteiger partial charge in [-0.25, -0.2) is 0 Å². The minimum absolute atomic E-state index is 0.0297. The molecule has 1 unspecified atom stereocenters. The summed E-state index contributed by atoms with van der Waals surface area (Å²) in [6.07, 6.45) is 0.423. The van der Waals surface area contributed by atoms with Gasteiger partial charge >= 0.3 is 0 Å². The fraction of sp³-hybridized carbons (Fsp3) is 0.316. The van der Waals surface area contributed by atoms with E-state index in [4.69, 9.17) is 0 Å². The van der Waals surface area contributed by atoms with Crippen molar-refractivity contribution in [3.8, 4) is 0 Å². The molecule has 2 aromatic rings. The first kappa shape index (κ1) is 17.2. The van der Waals surface area contributed by atoms with Crippen LogP contribution in [-0.2, 0) is 17.9 Å². The van der Waals surface area contributed by atoms with Crippen LogP contribution in [0.15, 0.2) is 54.6 Å². The molecule has 0 aliphatic rings. The smallest absolute Gasteiger partial charge is 0.228 e. The normalized spacial score (nSPS) is 12.0. The van der Waals surface area contributed by atoms with Crippen molar-refractivity contribution in [2.45, 2.75) is 32.5 Å². The first-order valence-electron chi connectivity index (χ1n) is 7.84. The Morgan fingerprint density at radius 1 is 1.09 bits per heavy atom. The summed E-state index contributed by atoms with van der Waals surface area (Å²) in [5.41, 5.74) is 2.88. The highest BCUT2D eigenvalue weighted by atomic mass is 16.3. The van der Waals surface area contributed by atoms with Gasteiger partial charge in [0, 0.05) is 31.7 Å². The molecule has 0 aromatic heterocycles. The van der Waals surface area contributed by atoms with E-state index in [0.29, 0.717) is 13.0 Å². The zero-order valence-electron chi connectivity index (χ0n) is 13.7. The van der Waals surface area contributed by atoms with E-state index in [1.807, 2.05) is 61.5 Å². The second-order valence-electron chi connectivity index (χ2n) is 5.70. The van der Waals surface area contributed by atoms with Crippen LogP contribution in [0, 0.1) is 0 Å². The van der Waals surface area contributed by atoms with Crippen LogP contribution in [0.25, 0.3) is 0 Å². The van der Waals surface area contributed by atoms with Gasteiger partial charge in [-0.05, 0) is 30.2 Å². The number of nitrogens with zero attached hydrogens (tertiary/aromatic N) is 1. The molecule has 0 fully saturated rings. The van der Waals surface area contributed by atoms with Crippen LogP contribution in [0.1, 0.15) is 24.5 Å². The molecule has 4 nitrogen and oxygen atoms in total. The van der Waals surface area contributed by atoms with Crippen molar-refractivity contribution in [3.05, 3.63) is 65.7 Å². The molecule has 23 heavy (non-hydrogen) atoms. The molecule has 1 amide bonds. The number of aliphatic hydroxyl groups excluding tert-OH is 1. The van der Waals surface area contributed by atoms with Crippen molar-refractivity contribution >= 4 is 11.6 Å². The predicted octanol–water partition coefficient (Wildman–Crippen LogP) is 2.71. The molecule has 0 saturated heterocycles. The summed E-state index contributed by atoms with van der Waals surface area (Å²) in [4.78, 5) is 14.0. The maximum Gasteiger partial charge on any atom is 0.228 e. The van der Waals surface area contributed by atoms with Crippen LogP contribution in [0.2, 0.25) is 0 Å². The highest BCUT2D eigenvalue weighted by Crippen LogP contribution is 2.13. The Kier molecular flexibility index (Phi) is 6.32. The van der Waals surface area contributed by atoms with E-state index >= 15 is 0 Å². The Labute approximate surface area is 137 Å². The lowest BCUT2D eigenvalue weighted by Crippen LogP contribution is -2.34. The Morgan fingerprint density at radius 3 is 2.35 bits per heavy atom. The van der Waals surface area contributed by atoms with E-state index in [1.165, 1.54) is 0 Å². The molecule has 0 saturated carbocycles. The van der Waals surface area contributed by atoms with E-state index in [9.17, 15) is 9.90 Å². The number of benzene rings is 2. The molecule has 0 heterocycles. The number of hydrogen-bond acceptors (Lipinski definition) is 3. The summed E-state index contributed by atoms with van der Waals surface area (Å²) in [7, 11) is 1.80. The second-order valence-corrected chi connectivity index (χ2v) is 5.70. The third-order valence-corrected chi connectivity index (χ3v) is 3.93. The zero-order valence-corrected chi connectivity index (χ0v) is 13.7. The van der Waals surface area contributed by atoms with Crippen molar-refractivity contribution < 1.29 is 9.90 Å². The van der Waals surface area contributed by atoms with E-state index in [-0.39, 0.29) is 18.6 Å². The highest BCUT2D eigenvalue weighted by Gasteiger charge is 2.14. The van der Waals surface area contributed by atoms with Gasteiger partial charge in [0.1, 0.15) is 0 Å². The third-order valence-electron chi connectivity index (χ3n) is 3.93. The lowest BCUT2D eigenvalue weighted by atomic mass is 10.1. The van der Waals surface area contributed by atoms with Crippen molar-refractivity contribution in [1.29, 1.82) is 0 Å². The molecule has 0 spiro atoms. The molecule has 4 heteroatoms. The number of carbonyl (C=O) groups is 1. The summed E-state index contributed by atoms with van der Waals surface area (Å²) < 4.78 is 0. The van der Waals surface area contributed by atoms with E-state index < -0.39 is 0 Å². The van der Waals surface area contributed by atoms with Gasteiger partial charge in [-0.1, -0.05) is 42.5 Å². The van der Waals surface area contributed by atoms with Gasteiger partial charge in [0.2, 0.25) is 5.91 Å². The number of amides is 1. The predicted molar refractivity (Wildman–Crippen MR) is 93.1 cm³/mol. The summed E-state index contributed by atoms with van der Waals surface area (Å²) in [6, 6.07) is 17.5. The monoisotopic (exact) mass is 312 g/mol. The Hall–Kier alpha value is -2.17. The minimum Gasteiger partial charge on any atom is -0.392 e. The number of para-hydroxylation sites is 1. The average molecular weight is 312 g/mol. The number of rotatable bonds is 7.